The van der Waals surface area contributed by atoms with E-state index in [1.165, 1.54) is 6.07 Å². The van der Waals surface area contributed by atoms with Gasteiger partial charge in [-0.05, 0) is 30.5 Å². The van der Waals surface area contributed by atoms with Crippen molar-refractivity contribution in [3.8, 4) is 0 Å². The Bertz CT molecular complexity index is 583. The van der Waals surface area contributed by atoms with Crippen LogP contribution in [0, 0.1) is 12.8 Å². The molecule has 0 bridgehead atoms. The number of aryl methyl sites for hydroxylation is 1. The molecular formula is C12H16ClNO4S. The summed E-state index contributed by atoms with van der Waals surface area (Å²) in [5, 5.41) is 9.30. The van der Waals surface area contributed by atoms with Crippen molar-refractivity contribution in [2.45, 2.75) is 31.7 Å². The van der Waals surface area contributed by atoms with Gasteiger partial charge in [0, 0.05) is 5.02 Å². The van der Waals surface area contributed by atoms with Gasteiger partial charge in [-0.3, -0.25) is 4.79 Å². The zero-order valence-electron chi connectivity index (χ0n) is 10.8. The van der Waals surface area contributed by atoms with E-state index in [1.807, 2.05) is 0 Å². The van der Waals surface area contributed by atoms with Gasteiger partial charge >= 0.3 is 5.97 Å². The molecule has 0 aliphatic heterocycles. The first kappa shape index (κ1) is 15.9. The molecule has 1 aromatic rings. The first-order valence-corrected chi connectivity index (χ1v) is 7.52. The number of benzene rings is 1. The smallest absolute Gasteiger partial charge is 0.322 e. The summed E-state index contributed by atoms with van der Waals surface area (Å²) in [4.78, 5) is 11.0. The fourth-order valence-corrected chi connectivity index (χ4v) is 3.41. The Hall–Kier alpha value is -1.11. The molecule has 0 amide bonds. The zero-order chi connectivity index (χ0) is 14.8. The van der Waals surface area contributed by atoms with Crippen molar-refractivity contribution >= 4 is 27.6 Å². The van der Waals surface area contributed by atoms with Crippen molar-refractivity contribution < 1.29 is 18.3 Å². The average Bonchev–Trinajstić information content (AvgIpc) is 2.28. The van der Waals surface area contributed by atoms with E-state index in [4.69, 9.17) is 16.7 Å². The van der Waals surface area contributed by atoms with Gasteiger partial charge in [-0.15, -0.1) is 0 Å². The maximum Gasteiger partial charge on any atom is 0.322 e. The number of carboxylic acid groups (broad SMARTS) is 1. The Morgan fingerprint density at radius 2 is 1.95 bits per heavy atom. The van der Waals surface area contributed by atoms with Gasteiger partial charge in [0.05, 0.1) is 4.90 Å². The van der Waals surface area contributed by atoms with Crippen LogP contribution in [0.2, 0.25) is 5.02 Å². The van der Waals surface area contributed by atoms with Crippen LogP contribution >= 0.6 is 11.6 Å². The van der Waals surface area contributed by atoms with Crippen LogP contribution in [0.15, 0.2) is 23.1 Å². The van der Waals surface area contributed by atoms with E-state index in [2.05, 4.69) is 4.72 Å². The lowest BCUT2D eigenvalue weighted by atomic mass is 10.1. The van der Waals surface area contributed by atoms with E-state index < -0.39 is 22.0 Å². The van der Waals surface area contributed by atoms with Crippen molar-refractivity contribution in [3.63, 3.8) is 0 Å². The number of nitrogens with one attached hydrogen (secondary N) is 1. The van der Waals surface area contributed by atoms with Crippen molar-refractivity contribution in [1.29, 1.82) is 0 Å². The second kappa shape index (κ2) is 5.90. The molecule has 0 radical (unpaired) electrons. The molecule has 1 aromatic carbocycles. The summed E-state index contributed by atoms with van der Waals surface area (Å²) < 4.78 is 26.6. The molecule has 0 fully saturated rings. The summed E-state index contributed by atoms with van der Waals surface area (Å²) in [5.41, 5.74) is 0.504. The normalized spacial score (nSPS) is 13.5. The third-order valence-corrected chi connectivity index (χ3v) is 4.47. The maximum atomic E-state index is 12.2. The monoisotopic (exact) mass is 305 g/mol. The van der Waals surface area contributed by atoms with Gasteiger partial charge < -0.3 is 5.11 Å². The highest BCUT2D eigenvalue weighted by atomic mass is 35.5. The van der Waals surface area contributed by atoms with Gasteiger partial charge in [-0.25, -0.2) is 8.42 Å². The summed E-state index contributed by atoms with van der Waals surface area (Å²) >= 11 is 5.78. The van der Waals surface area contributed by atoms with Gasteiger partial charge in [0.25, 0.3) is 0 Å². The van der Waals surface area contributed by atoms with Gasteiger partial charge in [0.1, 0.15) is 6.04 Å². The molecule has 1 rings (SSSR count). The molecule has 0 saturated heterocycles. The molecule has 0 heterocycles. The minimum Gasteiger partial charge on any atom is -0.480 e. The third kappa shape index (κ3) is 3.92. The number of halogens is 1. The van der Waals surface area contributed by atoms with Crippen LogP contribution in [-0.4, -0.2) is 25.5 Å². The molecule has 0 aliphatic rings. The fourth-order valence-electron chi connectivity index (χ4n) is 1.57. The van der Waals surface area contributed by atoms with Crippen LogP contribution < -0.4 is 4.72 Å². The fraction of sp³-hybridized carbons (Fsp3) is 0.417. The van der Waals surface area contributed by atoms with Gasteiger partial charge in [-0.2, -0.15) is 4.72 Å². The van der Waals surface area contributed by atoms with Crippen LogP contribution in [0.25, 0.3) is 0 Å². The molecule has 106 valence electrons. The quantitative estimate of drug-likeness (QED) is 0.872. The highest BCUT2D eigenvalue weighted by Crippen LogP contribution is 2.21. The molecule has 0 aliphatic carbocycles. The number of aliphatic carboxylic acids is 1. The van der Waals surface area contributed by atoms with Crippen LogP contribution in [-0.2, 0) is 14.8 Å². The van der Waals surface area contributed by atoms with Crippen molar-refractivity contribution in [2.75, 3.05) is 0 Å². The van der Waals surface area contributed by atoms with Crippen LogP contribution in [0.1, 0.15) is 19.4 Å². The summed E-state index contributed by atoms with van der Waals surface area (Å²) in [7, 11) is -3.92. The Balaban J connectivity index is 3.17. The van der Waals surface area contributed by atoms with Gasteiger partial charge in [0.2, 0.25) is 10.0 Å². The Morgan fingerprint density at radius 1 is 1.37 bits per heavy atom. The zero-order valence-corrected chi connectivity index (χ0v) is 12.4. The van der Waals surface area contributed by atoms with Crippen LogP contribution in [0.5, 0.6) is 0 Å². The molecule has 1 atom stereocenters. The van der Waals surface area contributed by atoms with E-state index in [0.29, 0.717) is 5.56 Å². The second-order valence-electron chi connectivity index (χ2n) is 4.59. The first-order chi connectivity index (χ1) is 8.65. The highest BCUT2D eigenvalue weighted by molar-refractivity contribution is 7.89. The van der Waals surface area contributed by atoms with Crippen molar-refractivity contribution in [2.24, 2.45) is 5.92 Å². The molecular weight excluding hydrogens is 290 g/mol. The second-order valence-corrected chi connectivity index (χ2v) is 6.71. The Morgan fingerprint density at radius 3 is 2.42 bits per heavy atom. The number of rotatable bonds is 5. The van der Waals surface area contributed by atoms with Crippen LogP contribution in [0.3, 0.4) is 0 Å². The molecule has 0 spiro atoms. The Kier molecular flexibility index (Phi) is 4.95. The summed E-state index contributed by atoms with van der Waals surface area (Å²) in [6.45, 7) is 4.88. The average molecular weight is 306 g/mol. The topological polar surface area (TPSA) is 83.5 Å². The summed E-state index contributed by atoms with van der Waals surface area (Å²) in [6.07, 6.45) is 0. The van der Waals surface area contributed by atoms with Crippen molar-refractivity contribution in [3.05, 3.63) is 28.8 Å². The lowest BCUT2D eigenvalue weighted by Gasteiger charge is -2.18. The van der Waals surface area contributed by atoms with E-state index in [0.717, 1.165) is 0 Å². The predicted molar refractivity (Wildman–Crippen MR) is 72.8 cm³/mol. The molecule has 19 heavy (non-hydrogen) atoms. The SMILES string of the molecule is Cc1ccc(Cl)cc1S(=O)(=O)N[C@@H](C(=O)O)C(C)C. The van der Waals surface area contributed by atoms with E-state index >= 15 is 0 Å². The number of hydrogen-bond acceptors (Lipinski definition) is 3. The number of carboxylic acids is 1. The van der Waals surface area contributed by atoms with E-state index in [-0.39, 0.29) is 15.8 Å². The summed E-state index contributed by atoms with van der Waals surface area (Å²) in [5.74, 6) is -1.58. The standard InChI is InChI=1S/C12H16ClNO4S/c1-7(2)11(12(15)16)14-19(17,18)10-6-9(13)5-4-8(10)3/h4-7,11,14H,1-3H3,(H,15,16)/t11-/m1/s1. The largest absolute Gasteiger partial charge is 0.480 e. The lowest BCUT2D eigenvalue weighted by Crippen LogP contribution is -2.44. The molecule has 2 N–H and O–H groups in total. The first-order valence-electron chi connectivity index (χ1n) is 5.66. The molecule has 0 saturated carbocycles. The highest BCUT2D eigenvalue weighted by Gasteiger charge is 2.28. The predicted octanol–water partition coefficient (Wildman–Crippen LogP) is 2.04. The molecule has 5 nitrogen and oxygen atoms in total. The van der Waals surface area contributed by atoms with E-state index in [9.17, 15) is 13.2 Å². The van der Waals surface area contributed by atoms with Crippen molar-refractivity contribution in [1.82, 2.24) is 4.72 Å². The summed E-state index contributed by atoms with van der Waals surface area (Å²) in [6, 6.07) is 3.27. The minimum atomic E-state index is -3.92. The third-order valence-electron chi connectivity index (χ3n) is 2.65. The molecule has 7 heteroatoms. The number of sulfonamides is 1. The minimum absolute atomic E-state index is 0.00750. The van der Waals surface area contributed by atoms with Crippen LogP contribution in [0.4, 0.5) is 0 Å². The maximum absolute atomic E-state index is 12.2. The Labute approximate surface area is 117 Å². The number of hydrogen-bond donors (Lipinski definition) is 2. The number of carbonyl (C=O) groups is 1. The molecule has 0 unspecified atom stereocenters. The van der Waals surface area contributed by atoms with Gasteiger partial charge in [0.15, 0.2) is 0 Å². The molecule has 0 aromatic heterocycles. The van der Waals surface area contributed by atoms with Gasteiger partial charge in [-0.1, -0.05) is 31.5 Å². The van der Waals surface area contributed by atoms with E-state index in [1.54, 1.807) is 32.9 Å². The lowest BCUT2D eigenvalue weighted by molar-refractivity contribution is -0.140.